The highest BCUT2D eigenvalue weighted by atomic mass is 32.2. The Hall–Kier alpha value is -1.43. The van der Waals surface area contributed by atoms with E-state index in [0.29, 0.717) is 18.1 Å². The lowest BCUT2D eigenvalue weighted by Crippen LogP contribution is -2.42. The molecular formula is C12H16N2O3S. The number of nitrogens with one attached hydrogen (secondary N) is 1. The lowest BCUT2D eigenvalue weighted by atomic mass is 10.2. The zero-order chi connectivity index (χ0) is 13.0. The Morgan fingerprint density at radius 2 is 2.50 bits per heavy atom. The molecule has 1 aromatic heterocycles. The van der Waals surface area contributed by atoms with Crippen molar-refractivity contribution in [1.82, 2.24) is 10.2 Å². The summed E-state index contributed by atoms with van der Waals surface area (Å²) >= 11 is 1.54. The largest absolute Gasteiger partial charge is 0.469 e. The summed E-state index contributed by atoms with van der Waals surface area (Å²) in [4.78, 5) is 24.7. The summed E-state index contributed by atoms with van der Waals surface area (Å²) in [5.74, 6) is 1.85. The fourth-order valence-electron chi connectivity index (χ4n) is 1.82. The molecule has 0 saturated carbocycles. The second-order valence-corrected chi connectivity index (χ2v) is 5.28. The van der Waals surface area contributed by atoms with Crippen LogP contribution in [-0.2, 0) is 16.0 Å². The van der Waals surface area contributed by atoms with Crippen LogP contribution in [0.3, 0.4) is 0 Å². The Balaban J connectivity index is 1.75. The average Bonchev–Trinajstić information content (AvgIpc) is 2.91. The molecule has 0 bridgehead atoms. The van der Waals surface area contributed by atoms with E-state index in [1.54, 1.807) is 11.2 Å². The minimum Gasteiger partial charge on any atom is -0.469 e. The van der Waals surface area contributed by atoms with Gasteiger partial charge in [-0.2, -0.15) is 0 Å². The molecule has 1 aliphatic heterocycles. The molecule has 1 saturated heterocycles. The molecule has 0 radical (unpaired) electrons. The van der Waals surface area contributed by atoms with Crippen molar-refractivity contribution in [2.24, 2.45) is 0 Å². The van der Waals surface area contributed by atoms with Crippen molar-refractivity contribution in [3.8, 4) is 0 Å². The van der Waals surface area contributed by atoms with Crippen molar-refractivity contribution in [3.05, 3.63) is 24.2 Å². The van der Waals surface area contributed by atoms with E-state index in [0.717, 1.165) is 5.76 Å². The number of amides is 2. The first-order valence-electron chi connectivity index (χ1n) is 5.82. The van der Waals surface area contributed by atoms with Gasteiger partial charge in [0.05, 0.1) is 17.9 Å². The highest BCUT2D eigenvalue weighted by Crippen LogP contribution is 2.14. The summed E-state index contributed by atoms with van der Waals surface area (Å²) in [5, 5.41) is 2.86. The van der Waals surface area contributed by atoms with Gasteiger partial charge in [-0.25, -0.2) is 0 Å². The predicted molar refractivity (Wildman–Crippen MR) is 69.1 cm³/mol. The highest BCUT2D eigenvalue weighted by Gasteiger charge is 2.23. The van der Waals surface area contributed by atoms with Gasteiger partial charge in [0.2, 0.25) is 11.8 Å². The topological polar surface area (TPSA) is 62.6 Å². The molecule has 5 nitrogen and oxygen atoms in total. The average molecular weight is 268 g/mol. The maximum absolute atomic E-state index is 11.7. The number of hydrogen-bond acceptors (Lipinski definition) is 4. The van der Waals surface area contributed by atoms with Gasteiger partial charge in [0.25, 0.3) is 0 Å². The van der Waals surface area contributed by atoms with E-state index in [1.807, 2.05) is 19.1 Å². The molecule has 1 atom stereocenters. The van der Waals surface area contributed by atoms with Gasteiger partial charge in [-0.05, 0) is 19.1 Å². The summed E-state index contributed by atoms with van der Waals surface area (Å²) in [6.45, 7) is 2.06. The Kier molecular flexibility index (Phi) is 4.30. The van der Waals surface area contributed by atoms with Crippen LogP contribution in [0.15, 0.2) is 22.8 Å². The second-order valence-electron chi connectivity index (χ2n) is 4.32. The van der Waals surface area contributed by atoms with Crippen LogP contribution in [0.1, 0.15) is 12.7 Å². The SMILES string of the molecule is C[C@@H](Cc1ccco1)NC(=O)CN1CSCC1=O. The zero-order valence-corrected chi connectivity index (χ0v) is 11.0. The summed E-state index contributed by atoms with van der Waals surface area (Å²) in [6, 6.07) is 3.70. The number of furan rings is 1. The van der Waals surface area contributed by atoms with Crippen molar-refractivity contribution in [3.63, 3.8) is 0 Å². The summed E-state index contributed by atoms with van der Waals surface area (Å²) in [6.07, 6.45) is 2.27. The van der Waals surface area contributed by atoms with Crippen molar-refractivity contribution in [2.75, 3.05) is 18.2 Å². The zero-order valence-electron chi connectivity index (χ0n) is 10.2. The second kappa shape index (κ2) is 5.95. The molecule has 0 aromatic carbocycles. The van der Waals surface area contributed by atoms with Gasteiger partial charge >= 0.3 is 0 Å². The lowest BCUT2D eigenvalue weighted by Gasteiger charge is -2.17. The quantitative estimate of drug-likeness (QED) is 0.860. The van der Waals surface area contributed by atoms with E-state index in [2.05, 4.69) is 5.32 Å². The molecule has 2 rings (SSSR count). The van der Waals surface area contributed by atoms with Crippen LogP contribution in [-0.4, -0.2) is 40.9 Å². The van der Waals surface area contributed by atoms with Gasteiger partial charge in [0.1, 0.15) is 12.3 Å². The van der Waals surface area contributed by atoms with E-state index in [4.69, 9.17) is 4.42 Å². The normalized spacial score (nSPS) is 16.9. The van der Waals surface area contributed by atoms with Crippen LogP contribution in [0, 0.1) is 0 Å². The third-order valence-electron chi connectivity index (χ3n) is 2.65. The molecule has 0 unspecified atom stereocenters. The van der Waals surface area contributed by atoms with E-state index < -0.39 is 0 Å². The van der Waals surface area contributed by atoms with Crippen LogP contribution in [0.4, 0.5) is 0 Å². The van der Waals surface area contributed by atoms with Gasteiger partial charge < -0.3 is 14.6 Å². The lowest BCUT2D eigenvalue weighted by molar-refractivity contribution is -0.132. The van der Waals surface area contributed by atoms with Crippen molar-refractivity contribution >= 4 is 23.6 Å². The monoisotopic (exact) mass is 268 g/mol. The Labute approximate surface area is 110 Å². The van der Waals surface area contributed by atoms with E-state index in [1.165, 1.54) is 11.8 Å². The first-order valence-corrected chi connectivity index (χ1v) is 6.98. The number of rotatable bonds is 5. The molecule has 6 heteroatoms. The molecule has 98 valence electrons. The number of nitrogens with zero attached hydrogens (tertiary/aromatic N) is 1. The number of carbonyl (C=O) groups excluding carboxylic acids is 2. The highest BCUT2D eigenvalue weighted by molar-refractivity contribution is 8.00. The molecule has 0 aliphatic carbocycles. The van der Waals surface area contributed by atoms with Crippen molar-refractivity contribution < 1.29 is 14.0 Å². The molecule has 2 heterocycles. The van der Waals surface area contributed by atoms with Gasteiger partial charge in [-0.3, -0.25) is 9.59 Å². The smallest absolute Gasteiger partial charge is 0.239 e. The number of carbonyl (C=O) groups is 2. The number of hydrogen-bond donors (Lipinski definition) is 1. The van der Waals surface area contributed by atoms with Crippen LogP contribution < -0.4 is 5.32 Å². The Morgan fingerprint density at radius 3 is 3.11 bits per heavy atom. The minimum absolute atomic E-state index is 0.00555. The van der Waals surface area contributed by atoms with E-state index in [9.17, 15) is 9.59 Å². The fourth-order valence-corrected chi connectivity index (χ4v) is 2.72. The standard InChI is InChI=1S/C12H16N2O3S/c1-9(5-10-3-2-4-17-10)13-11(15)6-14-8-18-7-12(14)16/h2-4,9H,5-8H2,1H3,(H,13,15)/t9-/m0/s1. The third-order valence-corrected chi connectivity index (χ3v) is 3.60. The first kappa shape index (κ1) is 13.0. The van der Waals surface area contributed by atoms with Gasteiger partial charge in [0.15, 0.2) is 0 Å². The van der Waals surface area contributed by atoms with Crippen LogP contribution in [0.5, 0.6) is 0 Å². The van der Waals surface area contributed by atoms with E-state index in [-0.39, 0.29) is 24.4 Å². The molecule has 1 N–H and O–H groups in total. The van der Waals surface area contributed by atoms with Crippen LogP contribution in [0.25, 0.3) is 0 Å². The Bertz CT molecular complexity index is 419. The molecular weight excluding hydrogens is 252 g/mol. The van der Waals surface area contributed by atoms with Crippen LogP contribution in [0.2, 0.25) is 0 Å². The maximum Gasteiger partial charge on any atom is 0.239 e. The van der Waals surface area contributed by atoms with Gasteiger partial charge in [-0.15, -0.1) is 11.8 Å². The summed E-state index contributed by atoms with van der Waals surface area (Å²) in [7, 11) is 0. The molecule has 1 fully saturated rings. The predicted octanol–water partition coefficient (Wildman–Crippen LogP) is 0.860. The molecule has 1 aromatic rings. The third kappa shape index (κ3) is 3.53. The summed E-state index contributed by atoms with van der Waals surface area (Å²) in [5.41, 5.74) is 0. The van der Waals surface area contributed by atoms with E-state index >= 15 is 0 Å². The summed E-state index contributed by atoms with van der Waals surface area (Å²) < 4.78 is 5.22. The van der Waals surface area contributed by atoms with Gasteiger partial charge in [0, 0.05) is 12.5 Å². The van der Waals surface area contributed by atoms with Crippen LogP contribution >= 0.6 is 11.8 Å². The van der Waals surface area contributed by atoms with Gasteiger partial charge in [-0.1, -0.05) is 0 Å². The van der Waals surface area contributed by atoms with Crippen molar-refractivity contribution in [2.45, 2.75) is 19.4 Å². The minimum atomic E-state index is -0.120. The molecule has 18 heavy (non-hydrogen) atoms. The molecule has 2 amide bonds. The first-order chi connectivity index (χ1) is 8.65. The number of thioether (sulfide) groups is 1. The van der Waals surface area contributed by atoms with Crippen molar-refractivity contribution in [1.29, 1.82) is 0 Å². The molecule has 0 spiro atoms. The molecule has 1 aliphatic rings. The maximum atomic E-state index is 11.7. The Morgan fingerprint density at radius 1 is 1.67 bits per heavy atom. The fraction of sp³-hybridized carbons (Fsp3) is 0.500.